The van der Waals surface area contributed by atoms with E-state index in [2.05, 4.69) is 0 Å². The van der Waals surface area contributed by atoms with Crippen LogP contribution in [0.1, 0.15) is 5.56 Å². The van der Waals surface area contributed by atoms with Crippen LogP contribution in [-0.2, 0) is 6.61 Å². The third-order valence-electron chi connectivity index (χ3n) is 2.22. The van der Waals surface area contributed by atoms with Crippen LogP contribution in [0.15, 0.2) is 42.5 Å². The van der Waals surface area contributed by atoms with Crippen molar-refractivity contribution >= 4 is 23.2 Å². The number of benzene rings is 2. The van der Waals surface area contributed by atoms with E-state index in [1.165, 1.54) is 6.07 Å². The fraction of sp³-hybridized carbons (Fsp3) is 0.0769. The molecule has 0 aromatic heterocycles. The highest BCUT2D eigenvalue weighted by molar-refractivity contribution is 6.30. The molecule has 0 spiro atoms. The Kier molecular flexibility index (Phi) is 3.87. The Morgan fingerprint density at radius 2 is 1.59 bits per heavy atom. The minimum absolute atomic E-state index is 0.157. The minimum Gasteiger partial charge on any atom is -0.489 e. The van der Waals surface area contributed by atoms with Crippen LogP contribution in [0.25, 0.3) is 0 Å². The van der Waals surface area contributed by atoms with Crippen LogP contribution in [-0.4, -0.2) is 0 Å². The van der Waals surface area contributed by atoms with Gasteiger partial charge in [-0.3, -0.25) is 0 Å². The molecule has 2 rings (SSSR count). The fourth-order valence-electron chi connectivity index (χ4n) is 1.33. The van der Waals surface area contributed by atoms with E-state index in [9.17, 15) is 4.39 Å². The Morgan fingerprint density at radius 1 is 0.941 bits per heavy atom. The van der Waals surface area contributed by atoms with E-state index >= 15 is 0 Å². The molecule has 0 radical (unpaired) electrons. The lowest BCUT2D eigenvalue weighted by molar-refractivity contribution is 0.300. The van der Waals surface area contributed by atoms with Gasteiger partial charge < -0.3 is 4.74 Å². The van der Waals surface area contributed by atoms with Crippen molar-refractivity contribution in [3.8, 4) is 5.75 Å². The van der Waals surface area contributed by atoms with Gasteiger partial charge >= 0.3 is 0 Å². The smallest absolute Gasteiger partial charge is 0.131 e. The molecule has 88 valence electrons. The van der Waals surface area contributed by atoms with Crippen LogP contribution >= 0.6 is 23.2 Å². The summed E-state index contributed by atoms with van der Waals surface area (Å²) < 4.78 is 18.9. The van der Waals surface area contributed by atoms with E-state index in [1.54, 1.807) is 36.4 Å². The van der Waals surface area contributed by atoms with E-state index in [4.69, 9.17) is 27.9 Å². The molecule has 0 saturated heterocycles. The van der Waals surface area contributed by atoms with Gasteiger partial charge in [-0.2, -0.15) is 0 Å². The molecule has 0 aliphatic carbocycles. The molecule has 0 saturated carbocycles. The zero-order chi connectivity index (χ0) is 12.3. The average molecular weight is 271 g/mol. The van der Waals surface area contributed by atoms with E-state index in [1.807, 2.05) is 0 Å². The van der Waals surface area contributed by atoms with Crippen molar-refractivity contribution in [3.63, 3.8) is 0 Å². The van der Waals surface area contributed by atoms with Crippen molar-refractivity contribution in [2.45, 2.75) is 6.61 Å². The van der Waals surface area contributed by atoms with Gasteiger partial charge in [0.05, 0.1) is 0 Å². The second-order valence-electron chi connectivity index (χ2n) is 3.48. The molecule has 0 heterocycles. The van der Waals surface area contributed by atoms with Crippen molar-refractivity contribution < 1.29 is 9.13 Å². The summed E-state index contributed by atoms with van der Waals surface area (Å²) in [6, 6.07) is 11.4. The van der Waals surface area contributed by atoms with Gasteiger partial charge in [-0.25, -0.2) is 4.39 Å². The van der Waals surface area contributed by atoms with Crippen molar-refractivity contribution in [1.82, 2.24) is 0 Å². The topological polar surface area (TPSA) is 9.23 Å². The number of hydrogen-bond acceptors (Lipinski definition) is 1. The highest BCUT2D eigenvalue weighted by atomic mass is 35.5. The summed E-state index contributed by atoms with van der Waals surface area (Å²) in [5, 5.41) is 1.01. The molecular weight excluding hydrogens is 262 g/mol. The molecule has 0 aliphatic heterocycles. The summed E-state index contributed by atoms with van der Waals surface area (Å²) in [4.78, 5) is 0. The summed E-state index contributed by atoms with van der Waals surface area (Å²) in [5.41, 5.74) is 0.462. The first-order valence-electron chi connectivity index (χ1n) is 4.97. The van der Waals surface area contributed by atoms with Crippen molar-refractivity contribution in [2.24, 2.45) is 0 Å². The largest absolute Gasteiger partial charge is 0.489 e. The summed E-state index contributed by atoms with van der Waals surface area (Å²) in [5.74, 6) is 0.273. The van der Waals surface area contributed by atoms with Gasteiger partial charge in [0, 0.05) is 15.6 Å². The summed E-state index contributed by atoms with van der Waals surface area (Å²) in [6.45, 7) is 0.157. The van der Waals surface area contributed by atoms with E-state index in [0.29, 0.717) is 21.4 Å². The molecule has 17 heavy (non-hydrogen) atoms. The maximum Gasteiger partial charge on any atom is 0.131 e. The Balaban J connectivity index is 2.04. The molecule has 0 unspecified atom stereocenters. The molecule has 0 atom stereocenters. The zero-order valence-electron chi connectivity index (χ0n) is 8.79. The Morgan fingerprint density at radius 3 is 2.24 bits per heavy atom. The van der Waals surface area contributed by atoms with Crippen molar-refractivity contribution in [1.29, 1.82) is 0 Å². The summed E-state index contributed by atoms with van der Waals surface area (Å²) >= 11 is 11.4. The fourth-order valence-corrected chi connectivity index (χ4v) is 1.62. The van der Waals surface area contributed by atoms with Crippen molar-refractivity contribution in [3.05, 3.63) is 63.9 Å². The van der Waals surface area contributed by atoms with Crippen molar-refractivity contribution in [2.75, 3.05) is 0 Å². The lowest BCUT2D eigenvalue weighted by atomic mass is 10.2. The highest BCUT2D eigenvalue weighted by Crippen LogP contribution is 2.19. The van der Waals surface area contributed by atoms with Crippen LogP contribution in [0.4, 0.5) is 4.39 Å². The minimum atomic E-state index is -0.369. The first kappa shape index (κ1) is 12.2. The third kappa shape index (κ3) is 3.35. The summed E-state index contributed by atoms with van der Waals surface area (Å²) in [7, 11) is 0. The number of rotatable bonds is 3. The predicted molar refractivity (Wildman–Crippen MR) is 67.2 cm³/mol. The standard InChI is InChI=1S/C13H9Cl2FO/c14-10-3-5-12(6-4-10)17-8-9-1-2-11(15)7-13(9)16/h1-7H,8H2. The molecule has 0 N–H and O–H groups in total. The second-order valence-corrected chi connectivity index (χ2v) is 4.35. The molecule has 4 heteroatoms. The first-order valence-corrected chi connectivity index (χ1v) is 5.73. The molecule has 0 aliphatic rings. The second kappa shape index (κ2) is 5.39. The molecule has 2 aromatic rings. The molecule has 1 nitrogen and oxygen atoms in total. The number of ether oxygens (including phenoxy) is 1. The zero-order valence-corrected chi connectivity index (χ0v) is 10.3. The maximum absolute atomic E-state index is 13.4. The molecule has 0 fully saturated rings. The van der Waals surface area contributed by atoms with E-state index in [0.717, 1.165) is 0 Å². The SMILES string of the molecule is Fc1cc(Cl)ccc1COc1ccc(Cl)cc1. The van der Waals surface area contributed by atoms with Crippen LogP contribution in [0.2, 0.25) is 10.0 Å². The number of hydrogen-bond donors (Lipinski definition) is 0. The Bertz CT molecular complexity index is 511. The lowest BCUT2D eigenvalue weighted by Gasteiger charge is -2.07. The van der Waals surface area contributed by atoms with Crippen LogP contribution < -0.4 is 4.74 Å². The molecular formula is C13H9Cl2FO. The molecule has 0 bridgehead atoms. The van der Waals surface area contributed by atoms with E-state index in [-0.39, 0.29) is 12.4 Å². The average Bonchev–Trinajstić information content (AvgIpc) is 2.30. The normalized spacial score (nSPS) is 10.3. The molecule has 2 aromatic carbocycles. The third-order valence-corrected chi connectivity index (χ3v) is 2.71. The summed E-state index contributed by atoms with van der Waals surface area (Å²) in [6.07, 6.45) is 0. The van der Waals surface area contributed by atoms with Crippen LogP contribution in [0.3, 0.4) is 0 Å². The van der Waals surface area contributed by atoms with Gasteiger partial charge in [-0.15, -0.1) is 0 Å². The van der Waals surface area contributed by atoms with Gasteiger partial charge in [-0.1, -0.05) is 29.3 Å². The van der Waals surface area contributed by atoms with Crippen LogP contribution in [0.5, 0.6) is 5.75 Å². The quantitative estimate of drug-likeness (QED) is 0.785. The van der Waals surface area contributed by atoms with Gasteiger partial charge in [-0.05, 0) is 36.4 Å². The van der Waals surface area contributed by atoms with Gasteiger partial charge in [0.25, 0.3) is 0 Å². The van der Waals surface area contributed by atoms with Gasteiger partial charge in [0.15, 0.2) is 0 Å². The number of halogens is 3. The Labute approximate surface area is 109 Å². The monoisotopic (exact) mass is 270 g/mol. The van der Waals surface area contributed by atoms with Gasteiger partial charge in [0.2, 0.25) is 0 Å². The van der Waals surface area contributed by atoms with E-state index < -0.39 is 0 Å². The Hall–Kier alpha value is -1.25. The molecule has 0 amide bonds. The van der Waals surface area contributed by atoms with Gasteiger partial charge in [0.1, 0.15) is 18.2 Å². The first-order chi connectivity index (χ1) is 8.15. The lowest BCUT2D eigenvalue weighted by Crippen LogP contribution is -1.98. The van der Waals surface area contributed by atoms with Crippen LogP contribution in [0, 0.1) is 5.82 Å². The highest BCUT2D eigenvalue weighted by Gasteiger charge is 2.03. The predicted octanol–water partition coefficient (Wildman–Crippen LogP) is 4.71. The maximum atomic E-state index is 13.4.